The fourth-order valence-corrected chi connectivity index (χ4v) is 2.53. The number of hydrogen-bond acceptors (Lipinski definition) is 3. The number of hydrogen-bond donors (Lipinski definition) is 0. The quantitative estimate of drug-likeness (QED) is 0.791. The molecule has 3 nitrogen and oxygen atoms in total. The second-order valence-corrected chi connectivity index (χ2v) is 4.99. The molecule has 1 aliphatic heterocycles. The van der Waals surface area contributed by atoms with E-state index in [9.17, 15) is 4.39 Å². The van der Waals surface area contributed by atoms with Crippen molar-refractivity contribution in [2.24, 2.45) is 5.92 Å². The Bertz CT molecular complexity index is 416. The number of anilines is 1. The van der Waals surface area contributed by atoms with Gasteiger partial charge in [-0.2, -0.15) is 0 Å². The van der Waals surface area contributed by atoms with Crippen molar-refractivity contribution in [1.82, 2.24) is 4.98 Å². The lowest BCUT2D eigenvalue weighted by Crippen LogP contribution is -2.44. The average molecular weight is 273 g/mol. The molecular formula is C13H18ClFN2O. The minimum Gasteiger partial charge on any atom is -0.379 e. The molecule has 0 aliphatic carbocycles. The number of aromatic nitrogens is 1. The molecule has 2 heterocycles. The van der Waals surface area contributed by atoms with E-state index in [1.54, 1.807) is 19.4 Å². The number of halogens is 2. The molecule has 2 rings (SSSR count). The number of piperidine rings is 1. The van der Waals surface area contributed by atoms with Gasteiger partial charge in [-0.15, -0.1) is 11.6 Å². The topological polar surface area (TPSA) is 25.4 Å². The van der Waals surface area contributed by atoms with E-state index in [-0.39, 0.29) is 17.8 Å². The summed E-state index contributed by atoms with van der Waals surface area (Å²) in [6.07, 6.45) is 2.71. The first-order valence-corrected chi connectivity index (χ1v) is 6.68. The minimum atomic E-state index is -0.308. The Kier molecular flexibility index (Phi) is 4.40. The Labute approximate surface area is 112 Å². The molecule has 0 radical (unpaired) electrons. The van der Waals surface area contributed by atoms with E-state index in [0.29, 0.717) is 23.8 Å². The van der Waals surface area contributed by atoms with Crippen LogP contribution in [0, 0.1) is 11.7 Å². The summed E-state index contributed by atoms with van der Waals surface area (Å²) in [5.41, 5.74) is 0.495. The van der Waals surface area contributed by atoms with Gasteiger partial charge in [0.05, 0.1) is 12.0 Å². The van der Waals surface area contributed by atoms with Gasteiger partial charge in [0.25, 0.3) is 0 Å². The van der Waals surface area contributed by atoms with Gasteiger partial charge in [-0.1, -0.05) is 6.92 Å². The monoisotopic (exact) mass is 272 g/mol. The van der Waals surface area contributed by atoms with Crippen molar-refractivity contribution < 1.29 is 9.13 Å². The average Bonchev–Trinajstić information content (AvgIpc) is 2.40. The summed E-state index contributed by atoms with van der Waals surface area (Å²) in [7, 11) is 1.70. The van der Waals surface area contributed by atoms with Gasteiger partial charge in [0, 0.05) is 32.0 Å². The SMILES string of the molecule is COC1CN(c2nccc(CCl)c2F)CCC1C. The first-order valence-electron chi connectivity index (χ1n) is 6.14. The fraction of sp³-hybridized carbons (Fsp3) is 0.615. The standard InChI is InChI=1S/C13H18ClFN2O/c1-9-4-6-17(8-11(9)18-2)13-12(15)10(7-14)3-5-16-13/h3,5,9,11H,4,6-8H2,1-2H3. The smallest absolute Gasteiger partial charge is 0.170 e. The summed E-state index contributed by atoms with van der Waals surface area (Å²) in [6, 6.07) is 1.62. The van der Waals surface area contributed by atoms with Gasteiger partial charge in [0.1, 0.15) is 0 Å². The number of alkyl halides is 1. The van der Waals surface area contributed by atoms with Crippen LogP contribution < -0.4 is 4.90 Å². The van der Waals surface area contributed by atoms with Gasteiger partial charge in [-0.05, 0) is 18.4 Å². The first-order chi connectivity index (χ1) is 8.67. The number of ether oxygens (including phenoxy) is 1. The zero-order valence-corrected chi connectivity index (χ0v) is 11.5. The van der Waals surface area contributed by atoms with Crippen LogP contribution >= 0.6 is 11.6 Å². The Morgan fingerprint density at radius 2 is 2.39 bits per heavy atom. The molecular weight excluding hydrogens is 255 g/mol. The van der Waals surface area contributed by atoms with E-state index in [2.05, 4.69) is 11.9 Å². The Morgan fingerprint density at radius 1 is 1.61 bits per heavy atom. The fourth-order valence-electron chi connectivity index (χ4n) is 2.33. The van der Waals surface area contributed by atoms with Crippen LogP contribution in [0.3, 0.4) is 0 Å². The maximum Gasteiger partial charge on any atom is 0.170 e. The highest BCUT2D eigenvalue weighted by Crippen LogP contribution is 2.26. The summed E-state index contributed by atoms with van der Waals surface area (Å²) in [4.78, 5) is 6.09. The van der Waals surface area contributed by atoms with Crippen molar-refractivity contribution in [1.29, 1.82) is 0 Å². The van der Waals surface area contributed by atoms with Crippen LogP contribution in [-0.4, -0.2) is 31.3 Å². The lowest BCUT2D eigenvalue weighted by molar-refractivity contribution is 0.0494. The van der Waals surface area contributed by atoms with E-state index in [4.69, 9.17) is 16.3 Å². The molecule has 0 amide bonds. The maximum atomic E-state index is 14.2. The Hall–Kier alpha value is -0.870. The van der Waals surface area contributed by atoms with Crippen LogP contribution in [-0.2, 0) is 10.6 Å². The maximum absolute atomic E-state index is 14.2. The lowest BCUT2D eigenvalue weighted by atomic mass is 9.96. The van der Waals surface area contributed by atoms with E-state index < -0.39 is 0 Å². The number of methoxy groups -OCH3 is 1. The van der Waals surface area contributed by atoms with Crippen molar-refractivity contribution in [3.8, 4) is 0 Å². The Balaban J connectivity index is 2.21. The third-order valence-electron chi connectivity index (χ3n) is 3.59. The molecule has 0 N–H and O–H groups in total. The molecule has 2 atom stereocenters. The van der Waals surface area contributed by atoms with Crippen LogP contribution in [0.25, 0.3) is 0 Å². The van der Waals surface area contributed by atoms with Gasteiger partial charge in [0.2, 0.25) is 0 Å². The van der Waals surface area contributed by atoms with E-state index in [1.807, 2.05) is 4.90 Å². The van der Waals surface area contributed by atoms with Gasteiger partial charge in [-0.3, -0.25) is 0 Å². The minimum absolute atomic E-state index is 0.125. The van der Waals surface area contributed by atoms with Crippen LogP contribution in [0.5, 0.6) is 0 Å². The van der Waals surface area contributed by atoms with Crippen LogP contribution in [0.1, 0.15) is 18.9 Å². The molecule has 1 aromatic rings. The summed E-state index contributed by atoms with van der Waals surface area (Å²) in [5.74, 6) is 0.740. The van der Waals surface area contributed by atoms with E-state index in [1.165, 1.54) is 0 Å². The summed E-state index contributed by atoms with van der Waals surface area (Å²) < 4.78 is 19.6. The normalized spacial score (nSPS) is 24.3. The van der Waals surface area contributed by atoms with Crippen molar-refractivity contribution in [3.05, 3.63) is 23.6 Å². The molecule has 2 unspecified atom stereocenters. The summed E-state index contributed by atoms with van der Waals surface area (Å²) >= 11 is 5.71. The molecule has 1 aliphatic rings. The predicted octanol–water partition coefficient (Wildman–Crippen LogP) is 2.82. The molecule has 1 saturated heterocycles. The zero-order chi connectivity index (χ0) is 13.1. The molecule has 0 bridgehead atoms. The van der Waals surface area contributed by atoms with Crippen molar-refractivity contribution in [2.45, 2.75) is 25.3 Å². The van der Waals surface area contributed by atoms with Crippen molar-refractivity contribution >= 4 is 17.4 Å². The zero-order valence-electron chi connectivity index (χ0n) is 10.7. The van der Waals surface area contributed by atoms with Crippen LogP contribution in [0.4, 0.5) is 10.2 Å². The first kappa shape index (κ1) is 13.6. The molecule has 18 heavy (non-hydrogen) atoms. The molecule has 5 heteroatoms. The highest BCUT2D eigenvalue weighted by molar-refractivity contribution is 6.17. The molecule has 0 spiro atoms. The highest BCUT2D eigenvalue weighted by atomic mass is 35.5. The van der Waals surface area contributed by atoms with E-state index >= 15 is 0 Å². The summed E-state index contributed by atoms with van der Waals surface area (Å²) in [5, 5.41) is 0. The second kappa shape index (κ2) is 5.85. The molecule has 1 fully saturated rings. The van der Waals surface area contributed by atoms with Crippen LogP contribution in [0.15, 0.2) is 12.3 Å². The molecule has 100 valence electrons. The Morgan fingerprint density at radius 3 is 3.06 bits per heavy atom. The second-order valence-electron chi connectivity index (χ2n) is 4.73. The molecule has 0 aromatic carbocycles. The predicted molar refractivity (Wildman–Crippen MR) is 70.5 cm³/mol. The number of nitrogens with zero attached hydrogens (tertiary/aromatic N) is 2. The molecule has 1 aromatic heterocycles. The van der Waals surface area contributed by atoms with Gasteiger partial charge in [0.15, 0.2) is 11.6 Å². The van der Waals surface area contributed by atoms with Crippen molar-refractivity contribution in [2.75, 3.05) is 25.1 Å². The van der Waals surface area contributed by atoms with Gasteiger partial charge in [-0.25, -0.2) is 9.37 Å². The number of pyridine rings is 1. The van der Waals surface area contributed by atoms with Crippen molar-refractivity contribution in [3.63, 3.8) is 0 Å². The van der Waals surface area contributed by atoms with Crippen LogP contribution in [0.2, 0.25) is 0 Å². The van der Waals surface area contributed by atoms with E-state index in [0.717, 1.165) is 13.0 Å². The summed E-state index contributed by atoms with van der Waals surface area (Å²) in [6.45, 7) is 3.63. The third-order valence-corrected chi connectivity index (χ3v) is 3.87. The third kappa shape index (κ3) is 2.59. The highest BCUT2D eigenvalue weighted by Gasteiger charge is 2.28. The molecule has 0 saturated carbocycles. The van der Waals surface area contributed by atoms with Gasteiger partial charge < -0.3 is 9.64 Å². The largest absolute Gasteiger partial charge is 0.379 e. The lowest BCUT2D eigenvalue weighted by Gasteiger charge is -2.37. The number of rotatable bonds is 3. The van der Waals surface area contributed by atoms with Gasteiger partial charge >= 0.3 is 0 Å².